The molecule has 138 valence electrons. The van der Waals surface area contributed by atoms with E-state index in [0.717, 1.165) is 23.7 Å². The van der Waals surface area contributed by atoms with Gasteiger partial charge in [-0.25, -0.2) is 0 Å². The number of hydrogen-bond donors (Lipinski definition) is 1. The van der Waals surface area contributed by atoms with Gasteiger partial charge in [0, 0.05) is 0 Å². The van der Waals surface area contributed by atoms with E-state index in [1.807, 2.05) is 18.2 Å². The summed E-state index contributed by atoms with van der Waals surface area (Å²) < 4.78 is 11.9. The predicted molar refractivity (Wildman–Crippen MR) is 111 cm³/mol. The van der Waals surface area contributed by atoms with E-state index in [9.17, 15) is 0 Å². The molecule has 4 rings (SSSR count). The standard InChI is InChI=1S/C24H25NO2/c1-15-16(2)24-23(25-14-21(27-24)18-9-6-5-7-10-18)17(3)22(15)19-11-8-12-20(13-19)26-4/h5-13,21,25H,14H2,1-4H3. The second-order valence-electron chi connectivity index (χ2n) is 7.08. The van der Waals surface area contributed by atoms with Crippen molar-refractivity contribution in [1.82, 2.24) is 0 Å². The minimum absolute atomic E-state index is 0.0267. The van der Waals surface area contributed by atoms with E-state index < -0.39 is 0 Å². The van der Waals surface area contributed by atoms with Crippen LogP contribution >= 0.6 is 0 Å². The van der Waals surface area contributed by atoms with Crippen LogP contribution in [0.4, 0.5) is 5.69 Å². The van der Waals surface area contributed by atoms with Crippen molar-refractivity contribution in [3.8, 4) is 22.6 Å². The number of anilines is 1. The number of fused-ring (bicyclic) bond motifs is 1. The van der Waals surface area contributed by atoms with E-state index in [2.05, 4.69) is 62.5 Å². The molecular formula is C24H25NO2. The molecule has 0 radical (unpaired) electrons. The molecule has 3 aromatic rings. The predicted octanol–water partition coefficient (Wildman–Crippen LogP) is 5.83. The molecule has 1 heterocycles. The highest BCUT2D eigenvalue weighted by molar-refractivity contribution is 5.83. The van der Waals surface area contributed by atoms with Crippen molar-refractivity contribution < 1.29 is 9.47 Å². The molecule has 0 saturated heterocycles. The molecule has 1 aliphatic heterocycles. The van der Waals surface area contributed by atoms with Gasteiger partial charge in [-0.05, 0) is 66.3 Å². The molecule has 1 unspecified atom stereocenters. The number of hydrogen-bond acceptors (Lipinski definition) is 3. The van der Waals surface area contributed by atoms with Gasteiger partial charge < -0.3 is 14.8 Å². The van der Waals surface area contributed by atoms with Crippen molar-refractivity contribution in [2.24, 2.45) is 0 Å². The molecule has 0 spiro atoms. The van der Waals surface area contributed by atoms with Crippen LogP contribution in [0.5, 0.6) is 11.5 Å². The van der Waals surface area contributed by atoms with Gasteiger partial charge in [-0.2, -0.15) is 0 Å². The summed E-state index contributed by atoms with van der Waals surface area (Å²) in [5.41, 5.74) is 8.36. The third kappa shape index (κ3) is 3.03. The molecule has 0 bridgehead atoms. The number of nitrogens with one attached hydrogen (secondary N) is 1. The number of rotatable bonds is 3. The average Bonchev–Trinajstić information content (AvgIpc) is 2.72. The van der Waals surface area contributed by atoms with Gasteiger partial charge in [0.25, 0.3) is 0 Å². The maximum Gasteiger partial charge on any atom is 0.146 e. The zero-order valence-corrected chi connectivity index (χ0v) is 16.3. The first kappa shape index (κ1) is 17.5. The lowest BCUT2D eigenvalue weighted by molar-refractivity contribution is 0.208. The maximum atomic E-state index is 6.46. The summed E-state index contributed by atoms with van der Waals surface area (Å²) in [6.07, 6.45) is 0.0267. The second-order valence-corrected chi connectivity index (χ2v) is 7.08. The van der Waals surface area contributed by atoms with Crippen LogP contribution in [0, 0.1) is 20.8 Å². The smallest absolute Gasteiger partial charge is 0.146 e. The van der Waals surface area contributed by atoms with Gasteiger partial charge in [-0.3, -0.25) is 0 Å². The fourth-order valence-corrected chi connectivity index (χ4v) is 3.93. The molecule has 3 heteroatoms. The third-order valence-corrected chi connectivity index (χ3v) is 5.51. The molecule has 1 aliphatic rings. The van der Waals surface area contributed by atoms with E-state index in [-0.39, 0.29) is 6.10 Å². The fraction of sp³-hybridized carbons (Fsp3) is 0.250. The van der Waals surface area contributed by atoms with Gasteiger partial charge in [-0.1, -0.05) is 42.5 Å². The first-order chi connectivity index (χ1) is 13.1. The third-order valence-electron chi connectivity index (χ3n) is 5.51. The van der Waals surface area contributed by atoms with Crippen LogP contribution in [0.3, 0.4) is 0 Å². The molecule has 1 atom stereocenters. The molecule has 1 N–H and O–H groups in total. The van der Waals surface area contributed by atoms with Gasteiger partial charge in [0.15, 0.2) is 0 Å². The summed E-state index contributed by atoms with van der Waals surface area (Å²) >= 11 is 0. The molecule has 0 fully saturated rings. The summed E-state index contributed by atoms with van der Waals surface area (Å²) in [6.45, 7) is 7.25. The number of methoxy groups -OCH3 is 1. The van der Waals surface area contributed by atoms with Crippen LogP contribution in [0.1, 0.15) is 28.4 Å². The molecule has 0 saturated carbocycles. The summed E-state index contributed by atoms with van der Waals surface area (Å²) in [6, 6.07) is 18.6. The molecule has 0 amide bonds. The number of ether oxygens (including phenoxy) is 2. The summed E-state index contributed by atoms with van der Waals surface area (Å²) in [7, 11) is 1.70. The molecule has 0 aliphatic carbocycles. The minimum Gasteiger partial charge on any atom is -0.497 e. The van der Waals surface area contributed by atoms with Crippen molar-refractivity contribution in [1.29, 1.82) is 0 Å². The Morgan fingerprint density at radius 1 is 0.926 bits per heavy atom. The van der Waals surface area contributed by atoms with E-state index in [0.29, 0.717) is 0 Å². The molecule has 27 heavy (non-hydrogen) atoms. The Hall–Kier alpha value is -2.94. The molecule has 3 aromatic carbocycles. The van der Waals surface area contributed by atoms with Crippen LogP contribution < -0.4 is 14.8 Å². The van der Waals surface area contributed by atoms with Crippen molar-refractivity contribution >= 4 is 5.69 Å². The lowest BCUT2D eigenvalue weighted by Gasteiger charge is -2.32. The average molecular weight is 359 g/mol. The zero-order chi connectivity index (χ0) is 19.0. The van der Waals surface area contributed by atoms with Crippen LogP contribution in [0.15, 0.2) is 54.6 Å². The first-order valence-corrected chi connectivity index (χ1v) is 9.33. The largest absolute Gasteiger partial charge is 0.497 e. The van der Waals surface area contributed by atoms with Crippen LogP contribution in [0.2, 0.25) is 0 Å². The highest BCUT2D eigenvalue weighted by atomic mass is 16.5. The summed E-state index contributed by atoms with van der Waals surface area (Å²) in [4.78, 5) is 0. The van der Waals surface area contributed by atoms with Crippen LogP contribution in [0.25, 0.3) is 11.1 Å². The normalized spacial score (nSPS) is 15.5. The molecular weight excluding hydrogens is 334 g/mol. The Balaban J connectivity index is 1.80. The highest BCUT2D eigenvalue weighted by Crippen LogP contribution is 2.46. The Morgan fingerprint density at radius 3 is 2.44 bits per heavy atom. The van der Waals surface area contributed by atoms with Gasteiger partial charge in [0.1, 0.15) is 17.6 Å². The Labute approximate surface area is 161 Å². The lowest BCUT2D eigenvalue weighted by atomic mass is 9.89. The van der Waals surface area contributed by atoms with Gasteiger partial charge in [0.05, 0.1) is 19.3 Å². The maximum absolute atomic E-state index is 6.46. The summed E-state index contributed by atoms with van der Waals surface area (Å²) in [5, 5.41) is 3.63. The quantitative estimate of drug-likeness (QED) is 0.638. The monoisotopic (exact) mass is 359 g/mol. The van der Waals surface area contributed by atoms with Crippen molar-refractivity contribution in [3.05, 3.63) is 76.9 Å². The zero-order valence-electron chi connectivity index (χ0n) is 16.3. The van der Waals surface area contributed by atoms with Gasteiger partial charge in [-0.15, -0.1) is 0 Å². The topological polar surface area (TPSA) is 30.5 Å². The van der Waals surface area contributed by atoms with E-state index in [1.54, 1.807) is 7.11 Å². The van der Waals surface area contributed by atoms with E-state index >= 15 is 0 Å². The highest BCUT2D eigenvalue weighted by Gasteiger charge is 2.27. The second kappa shape index (κ2) is 6.99. The van der Waals surface area contributed by atoms with Gasteiger partial charge >= 0.3 is 0 Å². The van der Waals surface area contributed by atoms with E-state index in [1.165, 1.54) is 33.4 Å². The minimum atomic E-state index is 0.0267. The Kier molecular flexibility index (Phi) is 4.53. The Morgan fingerprint density at radius 2 is 1.70 bits per heavy atom. The van der Waals surface area contributed by atoms with Crippen LogP contribution in [-0.4, -0.2) is 13.7 Å². The first-order valence-electron chi connectivity index (χ1n) is 9.33. The SMILES string of the molecule is COc1cccc(-c2c(C)c(C)c3c(c2C)NCC(c2ccccc2)O3)c1. The molecule has 0 aromatic heterocycles. The van der Waals surface area contributed by atoms with Crippen LogP contribution in [-0.2, 0) is 0 Å². The van der Waals surface area contributed by atoms with Crippen molar-refractivity contribution in [2.45, 2.75) is 26.9 Å². The van der Waals surface area contributed by atoms with Gasteiger partial charge in [0.2, 0.25) is 0 Å². The summed E-state index contributed by atoms with van der Waals surface area (Å²) in [5.74, 6) is 1.84. The van der Waals surface area contributed by atoms with E-state index in [4.69, 9.17) is 9.47 Å². The lowest BCUT2D eigenvalue weighted by Crippen LogP contribution is -2.25. The fourth-order valence-electron chi connectivity index (χ4n) is 3.93. The van der Waals surface area contributed by atoms with Crippen molar-refractivity contribution in [2.75, 3.05) is 19.0 Å². The number of benzene rings is 3. The Bertz CT molecular complexity index is 979. The van der Waals surface area contributed by atoms with Crippen molar-refractivity contribution in [3.63, 3.8) is 0 Å². The molecule has 3 nitrogen and oxygen atoms in total.